The third kappa shape index (κ3) is 2.11. The average Bonchev–Trinajstić information content (AvgIpc) is 2.94. The minimum absolute atomic E-state index is 0.00192. The number of hydrogen-bond donors (Lipinski definition) is 2. The van der Waals surface area contributed by atoms with Crippen LogP contribution in [0.3, 0.4) is 0 Å². The first-order valence-corrected chi connectivity index (χ1v) is 8.23. The lowest BCUT2D eigenvalue weighted by Crippen LogP contribution is -3.13. The van der Waals surface area contributed by atoms with Crippen LogP contribution in [0.2, 0.25) is 0 Å². The minimum Gasteiger partial charge on any atom is -0.345 e. The lowest BCUT2D eigenvalue weighted by molar-refractivity contribution is -0.887. The van der Waals surface area contributed by atoms with E-state index in [1.807, 2.05) is 0 Å². The van der Waals surface area contributed by atoms with Gasteiger partial charge in [0.2, 0.25) is 0 Å². The van der Waals surface area contributed by atoms with Crippen LogP contribution in [0.1, 0.15) is 46.5 Å². The summed E-state index contributed by atoms with van der Waals surface area (Å²) in [4.78, 5) is 13.9. The van der Waals surface area contributed by atoms with E-state index in [9.17, 15) is 4.79 Å². The number of rotatable bonds is 3. The van der Waals surface area contributed by atoms with E-state index in [2.05, 4.69) is 38.2 Å². The van der Waals surface area contributed by atoms with E-state index in [4.69, 9.17) is 0 Å². The predicted octanol–water partition coefficient (Wildman–Crippen LogP) is 1.16. The van der Waals surface area contributed by atoms with Crippen molar-refractivity contribution in [1.82, 2.24) is 5.32 Å². The highest BCUT2D eigenvalue weighted by atomic mass is 16.2. The molecule has 112 valence electrons. The van der Waals surface area contributed by atoms with E-state index in [-0.39, 0.29) is 16.9 Å². The highest BCUT2D eigenvalue weighted by Gasteiger charge is 2.60. The fraction of sp³-hybridized carbons (Fsp3) is 0.824. The Morgan fingerprint density at radius 1 is 1.25 bits per heavy atom. The van der Waals surface area contributed by atoms with E-state index in [0.717, 1.165) is 25.4 Å². The third-order valence-corrected chi connectivity index (χ3v) is 6.66. The van der Waals surface area contributed by atoms with Crippen LogP contribution in [0.5, 0.6) is 0 Å². The van der Waals surface area contributed by atoms with Crippen molar-refractivity contribution in [3.8, 4) is 0 Å². The fourth-order valence-electron chi connectivity index (χ4n) is 4.85. The number of carbonyl (C=O) groups excluding carboxylic acids is 1. The predicted molar refractivity (Wildman–Crippen MR) is 80.5 cm³/mol. The van der Waals surface area contributed by atoms with Gasteiger partial charge in [-0.2, -0.15) is 0 Å². The average molecular weight is 277 g/mol. The van der Waals surface area contributed by atoms with Crippen LogP contribution < -0.4 is 10.2 Å². The molecule has 3 nitrogen and oxygen atoms in total. The zero-order chi connectivity index (χ0) is 14.4. The van der Waals surface area contributed by atoms with Gasteiger partial charge >= 0.3 is 0 Å². The molecular weight excluding hydrogens is 248 g/mol. The first kappa shape index (κ1) is 14.1. The summed E-state index contributed by atoms with van der Waals surface area (Å²) in [6.07, 6.45) is 9.49. The van der Waals surface area contributed by atoms with Crippen LogP contribution in [-0.2, 0) is 4.79 Å². The monoisotopic (exact) mass is 277 g/mol. The van der Waals surface area contributed by atoms with Gasteiger partial charge in [0, 0.05) is 12.0 Å². The van der Waals surface area contributed by atoms with Crippen molar-refractivity contribution < 1.29 is 9.69 Å². The van der Waals surface area contributed by atoms with Gasteiger partial charge in [0.15, 0.2) is 6.54 Å². The number of amides is 1. The summed E-state index contributed by atoms with van der Waals surface area (Å²) in [5.74, 6) is 1.73. The number of quaternary nitrogens is 1. The summed E-state index contributed by atoms with van der Waals surface area (Å²) < 4.78 is 0. The highest BCUT2D eigenvalue weighted by molar-refractivity contribution is 5.78. The van der Waals surface area contributed by atoms with Crippen molar-refractivity contribution >= 4 is 5.91 Å². The Morgan fingerprint density at radius 2 is 2.00 bits per heavy atom. The van der Waals surface area contributed by atoms with E-state index in [0.29, 0.717) is 12.5 Å². The fourth-order valence-corrected chi connectivity index (χ4v) is 4.85. The van der Waals surface area contributed by atoms with Crippen LogP contribution in [0, 0.1) is 17.3 Å². The molecule has 0 radical (unpaired) electrons. The number of carbonyl (C=O) groups is 1. The second-order valence-corrected chi connectivity index (χ2v) is 7.82. The molecule has 0 spiro atoms. The molecule has 20 heavy (non-hydrogen) atoms. The summed E-state index contributed by atoms with van der Waals surface area (Å²) in [7, 11) is 0. The van der Waals surface area contributed by atoms with Crippen LogP contribution in [-0.4, -0.2) is 31.1 Å². The second kappa shape index (κ2) is 4.87. The summed E-state index contributed by atoms with van der Waals surface area (Å²) in [6.45, 7) is 9.73. The molecule has 2 saturated carbocycles. The molecule has 0 aromatic rings. The van der Waals surface area contributed by atoms with Gasteiger partial charge in [-0.05, 0) is 49.5 Å². The Bertz CT molecular complexity index is 429. The first-order valence-electron chi connectivity index (χ1n) is 8.23. The number of fused-ring (bicyclic) bond motifs is 2. The normalized spacial score (nSPS) is 41.9. The van der Waals surface area contributed by atoms with Crippen molar-refractivity contribution in [2.75, 3.05) is 19.6 Å². The van der Waals surface area contributed by atoms with Crippen molar-refractivity contribution in [3.05, 3.63) is 12.2 Å². The minimum atomic E-state index is -0.00192. The van der Waals surface area contributed by atoms with Gasteiger partial charge in [-0.15, -0.1) is 0 Å². The smallest absolute Gasteiger partial charge is 0.275 e. The van der Waals surface area contributed by atoms with Crippen molar-refractivity contribution in [3.63, 3.8) is 0 Å². The molecule has 2 fully saturated rings. The summed E-state index contributed by atoms with van der Waals surface area (Å²) >= 11 is 0. The Balaban J connectivity index is 1.64. The molecule has 2 N–H and O–H groups in total. The summed E-state index contributed by atoms with van der Waals surface area (Å²) in [6, 6.07) is 0. The van der Waals surface area contributed by atoms with Gasteiger partial charge in [0.25, 0.3) is 5.91 Å². The molecule has 2 bridgehead atoms. The van der Waals surface area contributed by atoms with Gasteiger partial charge in [-0.25, -0.2) is 0 Å². The van der Waals surface area contributed by atoms with Gasteiger partial charge in [0.1, 0.15) is 0 Å². The molecule has 4 atom stereocenters. The van der Waals surface area contributed by atoms with Gasteiger partial charge < -0.3 is 10.2 Å². The highest BCUT2D eigenvalue weighted by Crippen LogP contribution is 2.61. The molecule has 3 heteroatoms. The Kier molecular flexibility index (Phi) is 3.44. The molecule has 0 aromatic heterocycles. The molecule has 2 aliphatic carbocycles. The number of hydrogen-bond acceptors (Lipinski definition) is 1. The van der Waals surface area contributed by atoms with Gasteiger partial charge in [-0.3, -0.25) is 4.79 Å². The largest absolute Gasteiger partial charge is 0.345 e. The lowest BCUT2D eigenvalue weighted by Gasteiger charge is -2.48. The van der Waals surface area contributed by atoms with Crippen molar-refractivity contribution in [1.29, 1.82) is 0 Å². The topological polar surface area (TPSA) is 33.5 Å². The maximum Gasteiger partial charge on any atom is 0.275 e. The zero-order valence-electron chi connectivity index (χ0n) is 13.2. The molecule has 1 amide bonds. The van der Waals surface area contributed by atoms with Gasteiger partial charge in [-0.1, -0.05) is 19.9 Å². The number of nitrogens with one attached hydrogen (secondary N) is 2. The van der Waals surface area contributed by atoms with E-state index in [1.165, 1.54) is 24.2 Å². The van der Waals surface area contributed by atoms with Gasteiger partial charge in [0.05, 0.1) is 13.1 Å². The molecule has 0 aromatic carbocycles. The Hall–Kier alpha value is -0.830. The molecule has 1 unspecified atom stereocenters. The SMILES string of the molecule is CC1(C)[C@@H]2CC[C@@H](C2)[C@@]1(C)NC(=O)C[NH+]1CC=CCC1. The second-order valence-electron chi connectivity index (χ2n) is 7.82. The molecule has 3 rings (SSSR count). The standard InChI is InChI=1S/C17H28N2O/c1-16(2)13-7-8-14(11-13)17(16,3)18-15(20)12-19-9-5-4-6-10-19/h4-5,13-14H,6-12H2,1-3H3,(H,18,20)/p+1/t13-,14+,17-/m1/s1. The first-order chi connectivity index (χ1) is 9.43. The van der Waals surface area contributed by atoms with Crippen molar-refractivity contribution in [2.24, 2.45) is 17.3 Å². The van der Waals surface area contributed by atoms with E-state index in [1.54, 1.807) is 0 Å². The maximum atomic E-state index is 12.5. The molecule has 1 heterocycles. The summed E-state index contributed by atoms with van der Waals surface area (Å²) in [5, 5.41) is 3.44. The van der Waals surface area contributed by atoms with Crippen LogP contribution in [0.25, 0.3) is 0 Å². The van der Waals surface area contributed by atoms with Crippen molar-refractivity contribution in [2.45, 2.75) is 52.0 Å². The molecule has 0 saturated heterocycles. The van der Waals surface area contributed by atoms with Crippen LogP contribution >= 0.6 is 0 Å². The third-order valence-electron chi connectivity index (χ3n) is 6.66. The summed E-state index contributed by atoms with van der Waals surface area (Å²) in [5.41, 5.74) is 0.237. The Morgan fingerprint density at radius 3 is 2.60 bits per heavy atom. The van der Waals surface area contributed by atoms with Crippen LogP contribution in [0.15, 0.2) is 12.2 Å². The lowest BCUT2D eigenvalue weighted by atomic mass is 9.64. The Labute approximate surface area is 122 Å². The van der Waals surface area contributed by atoms with E-state index >= 15 is 0 Å². The molecule has 3 aliphatic rings. The quantitative estimate of drug-likeness (QED) is 0.746. The van der Waals surface area contributed by atoms with Crippen LogP contribution in [0.4, 0.5) is 0 Å². The molecular formula is C17H29N2O+. The molecule has 1 aliphatic heterocycles. The maximum absolute atomic E-state index is 12.5. The zero-order valence-corrected chi connectivity index (χ0v) is 13.2. The van der Waals surface area contributed by atoms with E-state index < -0.39 is 0 Å².